The summed E-state index contributed by atoms with van der Waals surface area (Å²) in [5.74, 6) is 0.447. The molecule has 3 rings (SSSR count). The van der Waals surface area contributed by atoms with Crippen molar-refractivity contribution in [2.45, 2.75) is 44.7 Å². The first-order chi connectivity index (χ1) is 8.15. The number of anilines is 1. The number of halogens is 1. The maximum Gasteiger partial charge on any atom is 0.137 e. The molecule has 2 bridgehead atoms. The number of fused-ring (bicyclic) bond motifs is 2. The Morgan fingerprint density at radius 2 is 1.88 bits per heavy atom. The average Bonchev–Trinajstić information content (AvgIpc) is 2.55. The second-order valence-electron chi connectivity index (χ2n) is 5.17. The Morgan fingerprint density at radius 3 is 2.47 bits per heavy atom. The fourth-order valence-corrected chi connectivity index (χ4v) is 3.43. The van der Waals surface area contributed by atoms with E-state index in [1.165, 1.54) is 24.1 Å². The van der Waals surface area contributed by atoms with Gasteiger partial charge in [0.1, 0.15) is 5.78 Å². The molecule has 0 aromatic heterocycles. The van der Waals surface area contributed by atoms with Crippen LogP contribution in [0.25, 0.3) is 0 Å². The van der Waals surface area contributed by atoms with Crippen molar-refractivity contribution >= 4 is 27.4 Å². The molecule has 2 unspecified atom stereocenters. The first kappa shape index (κ1) is 11.3. The number of carbonyl (C=O) groups is 1. The number of benzene rings is 1. The van der Waals surface area contributed by atoms with Crippen LogP contribution in [-0.4, -0.2) is 17.9 Å². The Kier molecular flexibility index (Phi) is 2.74. The highest BCUT2D eigenvalue weighted by molar-refractivity contribution is 9.10. The number of rotatable bonds is 1. The predicted molar refractivity (Wildman–Crippen MR) is 72.4 cm³/mol. The molecule has 2 atom stereocenters. The molecular weight excluding hydrogens is 278 g/mol. The average molecular weight is 294 g/mol. The minimum atomic E-state index is 0.446. The van der Waals surface area contributed by atoms with E-state index in [4.69, 9.17) is 0 Å². The van der Waals surface area contributed by atoms with Crippen molar-refractivity contribution in [1.29, 1.82) is 0 Å². The van der Waals surface area contributed by atoms with E-state index in [9.17, 15) is 4.79 Å². The monoisotopic (exact) mass is 293 g/mol. The van der Waals surface area contributed by atoms with Gasteiger partial charge in [0, 0.05) is 35.1 Å². The molecule has 3 heteroatoms. The van der Waals surface area contributed by atoms with E-state index >= 15 is 0 Å². The standard InChI is InChI=1S/C14H16BrNO/c1-9-6-10(4-5-14(9)15)16-11-2-3-12(16)8-13(17)7-11/h4-6,11-12H,2-3,7-8H2,1H3. The Morgan fingerprint density at radius 1 is 1.24 bits per heavy atom. The van der Waals surface area contributed by atoms with Gasteiger partial charge in [-0.2, -0.15) is 0 Å². The number of piperidine rings is 1. The lowest BCUT2D eigenvalue weighted by molar-refractivity contribution is -0.120. The molecule has 1 aromatic carbocycles. The maximum atomic E-state index is 11.6. The SMILES string of the molecule is Cc1cc(N2C3CCC2CC(=O)C3)ccc1Br. The van der Waals surface area contributed by atoms with Gasteiger partial charge >= 0.3 is 0 Å². The summed E-state index contributed by atoms with van der Waals surface area (Å²) >= 11 is 3.54. The highest BCUT2D eigenvalue weighted by Crippen LogP contribution is 2.38. The second-order valence-corrected chi connectivity index (χ2v) is 6.03. The first-order valence-electron chi connectivity index (χ1n) is 6.21. The van der Waals surface area contributed by atoms with Crippen LogP contribution in [0.15, 0.2) is 22.7 Å². The molecule has 2 saturated heterocycles. The van der Waals surface area contributed by atoms with Crippen molar-refractivity contribution in [2.75, 3.05) is 4.90 Å². The van der Waals surface area contributed by atoms with E-state index in [2.05, 4.69) is 46.0 Å². The summed E-state index contributed by atoms with van der Waals surface area (Å²) in [6.45, 7) is 2.12. The van der Waals surface area contributed by atoms with E-state index < -0.39 is 0 Å². The van der Waals surface area contributed by atoms with Crippen LogP contribution in [0.4, 0.5) is 5.69 Å². The van der Waals surface area contributed by atoms with E-state index in [0.29, 0.717) is 17.9 Å². The molecule has 0 saturated carbocycles. The van der Waals surface area contributed by atoms with Crippen LogP contribution in [-0.2, 0) is 4.79 Å². The van der Waals surface area contributed by atoms with E-state index in [-0.39, 0.29) is 0 Å². The number of Topliss-reactive ketones (excluding diaryl/α,β-unsaturated/α-hetero) is 1. The third kappa shape index (κ3) is 1.90. The molecule has 17 heavy (non-hydrogen) atoms. The van der Waals surface area contributed by atoms with Crippen LogP contribution in [0, 0.1) is 6.92 Å². The molecule has 2 aliphatic heterocycles. The van der Waals surface area contributed by atoms with Crippen LogP contribution < -0.4 is 4.90 Å². The largest absolute Gasteiger partial charge is 0.365 e. The van der Waals surface area contributed by atoms with Gasteiger partial charge in [-0.25, -0.2) is 0 Å². The normalized spacial score (nSPS) is 27.6. The molecule has 2 aliphatic rings. The molecule has 0 amide bonds. The van der Waals surface area contributed by atoms with Crippen LogP contribution in [0.5, 0.6) is 0 Å². The Hall–Kier alpha value is -0.830. The molecule has 0 aliphatic carbocycles. The third-order valence-electron chi connectivity index (χ3n) is 3.99. The minimum Gasteiger partial charge on any atom is -0.365 e. The van der Waals surface area contributed by atoms with Crippen LogP contribution in [0.1, 0.15) is 31.2 Å². The molecule has 90 valence electrons. The van der Waals surface area contributed by atoms with Crippen LogP contribution in [0.3, 0.4) is 0 Å². The Labute approximate surface area is 110 Å². The van der Waals surface area contributed by atoms with Gasteiger partial charge in [-0.05, 0) is 43.5 Å². The van der Waals surface area contributed by atoms with Gasteiger partial charge in [-0.1, -0.05) is 15.9 Å². The quantitative estimate of drug-likeness (QED) is 0.790. The van der Waals surface area contributed by atoms with Gasteiger partial charge in [-0.3, -0.25) is 4.79 Å². The minimum absolute atomic E-state index is 0.446. The zero-order valence-corrected chi connectivity index (χ0v) is 11.5. The van der Waals surface area contributed by atoms with E-state index in [0.717, 1.165) is 17.3 Å². The first-order valence-corrected chi connectivity index (χ1v) is 7.00. The van der Waals surface area contributed by atoms with Gasteiger partial charge in [0.05, 0.1) is 0 Å². The third-order valence-corrected chi connectivity index (χ3v) is 4.88. The molecule has 2 fully saturated rings. The number of carbonyl (C=O) groups excluding carboxylic acids is 1. The molecule has 2 heterocycles. The van der Waals surface area contributed by atoms with Crippen molar-refractivity contribution in [2.24, 2.45) is 0 Å². The summed E-state index contributed by atoms with van der Waals surface area (Å²) in [4.78, 5) is 14.1. The van der Waals surface area contributed by atoms with Crippen molar-refractivity contribution in [1.82, 2.24) is 0 Å². The topological polar surface area (TPSA) is 20.3 Å². The van der Waals surface area contributed by atoms with Crippen LogP contribution in [0.2, 0.25) is 0 Å². The lowest BCUT2D eigenvalue weighted by Crippen LogP contribution is -2.43. The van der Waals surface area contributed by atoms with Crippen LogP contribution >= 0.6 is 15.9 Å². The Bertz CT molecular complexity index is 455. The maximum absolute atomic E-state index is 11.6. The summed E-state index contributed by atoms with van der Waals surface area (Å²) < 4.78 is 1.15. The highest BCUT2D eigenvalue weighted by Gasteiger charge is 2.40. The van der Waals surface area contributed by atoms with Gasteiger partial charge in [0.2, 0.25) is 0 Å². The lowest BCUT2D eigenvalue weighted by atomic mass is 10.00. The van der Waals surface area contributed by atoms with Crippen molar-refractivity contribution in [3.8, 4) is 0 Å². The lowest BCUT2D eigenvalue weighted by Gasteiger charge is -2.36. The predicted octanol–water partition coefficient (Wildman–Crippen LogP) is 3.46. The number of hydrogen-bond donors (Lipinski definition) is 0. The number of hydrogen-bond acceptors (Lipinski definition) is 2. The Balaban J connectivity index is 1.94. The van der Waals surface area contributed by atoms with Crippen molar-refractivity contribution in [3.63, 3.8) is 0 Å². The van der Waals surface area contributed by atoms with Gasteiger partial charge in [-0.15, -0.1) is 0 Å². The number of aryl methyl sites for hydroxylation is 1. The van der Waals surface area contributed by atoms with E-state index in [1.54, 1.807) is 0 Å². The number of ketones is 1. The number of nitrogens with zero attached hydrogens (tertiary/aromatic N) is 1. The smallest absolute Gasteiger partial charge is 0.137 e. The highest BCUT2D eigenvalue weighted by atomic mass is 79.9. The van der Waals surface area contributed by atoms with E-state index in [1.807, 2.05) is 0 Å². The molecule has 0 spiro atoms. The molecule has 0 N–H and O–H groups in total. The molecular formula is C14H16BrNO. The summed E-state index contributed by atoms with van der Waals surface area (Å²) in [6.07, 6.45) is 3.83. The summed E-state index contributed by atoms with van der Waals surface area (Å²) in [6, 6.07) is 7.40. The summed E-state index contributed by atoms with van der Waals surface area (Å²) in [5.41, 5.74) is 2.55. The molecule has 0 radical (unpaired) electrons. The molecule has 1 aromatic rings. The van der Waals surface area contributed by atoms with Crippen molar-refractivity contribution in [3.05, 3.63) is 28.2 Å². The fourth-order valence-electron chi connectivity index (χ4n) is 3.18. The summed E-state index contributed by atoms with van der Waals surface area (Å²) in [5, 5.41) is 0. The zero-order valence-electron chi connectivity index (χ0n) is 9.95. The van der Waals surface area contributed by atoms with Gasteiger partial charge in [0.15, 0.2) is 0 Å². The zero-order chi connectivity index (χ0) is 12.0. The molecule has 2 nitrogen and oxygen atoms in total. The summed E-state index contributed by atoms with van der Waals surface area (Å²) in [7, 11) is 0. The van der Waals surface area contributed by atoms with Gasteiger partial charge in [0.25, 0.3) is 0 Å². The van der Waals surface area contributed by atoms with Crippen molar-refractivity contribution < 1.29 is 4.79 Å². The fraction of sp³-hybridized carbons (Fsp3) is 0.500. The van der Waals surface area contributed by atoms with Gasteiger partial charge < -0.3 is 4.90 Å². The second kappa shape index (κ2) is 4.13.